The monoisotopic (exact) mass is 285 g/mol. The van der Waals surface area contributed by atoms with Crippen LogP contribution in [0.1, 0.15) is 12.8 Å². The van der Waals surface area contributed by atoms with Crippen LogP contribution in [-0.4, -0.2) is 46.8 Å². The van der Waals surface area contributed by atoms with Gasteiger partial charge >= 0.3 is 0 Å². The summed E-state index contributed by atoms with van der Waals surface area (Å²) in [7, 11) is 1.70. The number of aromatic nitrogens is 2. The minimum Gasteiger partial charge on any atom is -0.497 e. The lowest BCUT2D eigenvalue weighted by atomic mass is 9.75. The third-order valence-corrected chi connectivity index (χ3v) is 5.46. The van der Waals surface area contributed by atoms with Crippen molar-refractivity contribution in [2.24, 2.45) is 5.92 Å². The Morgan fingerprint density at radius 1 is 1.29 bits per heavy atom. The van der Waals surface area contributed by atoms with E-state index in [0.717, 1.165) is 35.9 Å². The molecular weight excluding hydrogens is 266 g/mol. The molecule has 21 heavy (non-hydrogen) atoms. The largest absolute Gasteiger partial charge is 0.497 e. The van der Waals surface area contributed by atoms with E-state index in [4.69, 9.17) is 9.47 Å². The quantitative estimate of drug-likeness (QED) is 0.802. The van der Waals surface area contributed by atoms with Crippen LogP contribution in [0.25, 0.3) is 11.0 Å². The zero-order valence-corrected chi connectivity index (χ0v) is 12.2. The highest BCUT2D eigenvalue weighted by atomic mass is 16.5. The van der Waals surface area contributed by atoms with Gasteiger partial charge in [0.1, 0.15) is 11.4 Å². The molecular formula is C16H19N3O2. The smallest absolute Gasteiger partial charge is 0.298 e. The van der Waals surface area contributed by atoms with Crippen LogP contribution in [0.2, 0.25) is 0 Å². The molecule has 4 aliphatic heterocycles. The molecule has 0 aliphatic carbocycles. The SMILES string of the molecule is COc1ccc2nc3n(c2c1)C[C@@]1(CN2CCC1CC2)O3. The third-order valence-electron chi connectivity index (χ3n) is 5.46. The molecule has 5 heteroatoms. The van der Waals surface area contributed by atoms with Gasteiger partial charge in [-0.15, -0.1) is 0 Å². The van der Waals surface area contributed by atoms with E-state index in [1.165, 1.54) is 25.9 Å². The average molecular weight is 285 g/mol. The summed E-state index contributed by atoms with van der Waals surface area (Å²) in [6.45, 7) is 4.43. The van der Waals surface area contributed by atoms with E-state index in [9.17, 15) is 0 Å². The van der Waals surface area contributed by atoms with Crippen molar-refractivity contribution in [2.45, 2.75) is 25.0 Å². The van der Waals surface area contributed by atoms with Crippen LogP contribution in [0.5, 0.6) is 11.8 Å². The predicted molar refractivity (Wildman–Crippen MR) is 78.8 cm³/mol. The van der Waals surface area contributed by atoms with Gasteiger partial charge in [-0.05, 0) is 38.1 Å². The number of imidazole rings is 1. The van der Waals surface area contributed by atoms with Crippen LogP contribution in [0.3, 0.4) is 0 Å². The van der Waals surface area contributed by atoms with Gasteiger partial charge in [0.25, 0.3) is 6.01 Å². The van der Waals surface area contributed by atoms with Gasteiger partial charge in [-0.3, -0.25) is 9.47 Å². The molecule has 1 spiro atoms. The van der Waals surface area contributed by atoms with E-state index < -0.39 is 0 Å². The minimum absolute atomic E-state index is 0.0455. The van der Waals surface area contributed by atoms with Gasteiger partial charge in [0.2, 0.25) is 0 Å². The van der Waals surface area contributed by atoms with Crippen molar-refractivity contribution in [1.29, 1.82) is 0 Å². The lowest BCUT2D eigenvalue weighted by molar-refractivity contribution is -0.0832. The molecule has 5 heterocycles. The molecule has 0 N–H and O–H groups in total. The van der Waals surface area contributed by atoms with Crippen molar-refractivity contribution in [3.63, 3.8) is 0 Å². The summed E-state index contributed by atoms with van der Waals surface area (Å²) in [5, 5.41) is 0. The van der Waals surface area contributed by atoms with Crippen molar-refractivity contribution in [2.75, 3.05) is 26.7 Å². The molecule has 6 rings (SSSR count). The van der Waals surface area contributed by atoms with E-state index in [1.807, 2.05) is 12.1 Å². The first-order valence-corrected chi connectivity index (χ1v) is 7.73. The van der Waals surface area contributed by atoms with Gasteiger partial charge in [0.05, 0.1) is 24.7 Å². The summed E-state index contributed by atoms with van der Waals surface area (Å²) in [4.78, 5) is 7.21. The third kappa shape index (κ3) is 1.52. The molecule has 0 amide bonds. The van der Waals surface area contributed by atoms with Crippen LogP contribution in [-0.2, 0) is 6.54 Å². The number of nitrogens with zero attached hydrogens (tertiary/aromatic N) is 3. The number of methoxy groups -OCH3 is 1. The summed E-state index contributed by atoms with van der Waals surface area (Å²) in [5.41, 5.74) is 2.07. The standard InChI is InChI=1S/C16H19N3O2/c1-20-12-2-3-13-14(8-12)19-10-16(21-15(19)17-13)9-18-6-4-11(16)5-7-18/h2-3,8,11H,4-7,9-10H2,1H3/t16-/m1/s1. The zero-order chi connectivity index (χ0) is 14.0. The summed E-state index contributed by atoms with van der Waals surface area (Å²) in [6.07, 6.45) is 2.51. The van der Waals surface area contributed by atoms with Gasteiger partial charge in [-0.2, -0.15) is 4.98 Å². The van der Waals surface area contributed by atoms with Gasteiger partial charge < -0.3 is 9.47 Å². The number of hydrogen-bond donors (Lipinski definition) is 0. The van der Waals surface area contributed by atoms with E-state index >= 15 is 0 Å². The Morgan fingerprint density at radius 3 is 2.86 bits per heavy atom. The van der Waals surface area contributed by atoms with E-state index in [2.05, 4.69) is 20.5 Å². The van der Waals surface area contributed by atoms with E-state index in [0.29, 0.717) is 5.92 Å². The van der Waals surface area contributed by atoms with Crippen molar-refractivity contribution in [3.8, 4) is 11.8 Å². The van der Waals surface area contributed by atoms with Crippen LogP contribution < -0.4 is 9.47 Å². The molecule has 0 saturated carbocycles. The Labute approximate surface area is 123 Å². The molecule has 3 fully saturated rings. The Morgan fingerprint density at radius 2 is 2.14 bits per heavy atom. The van der Waals surface area contributed by atoms with Crippen LogP contribution in [0.4, 0.5) is 0 Å². The first kappa shape index (κ1) is 11.9. The number of rotatable bonds is 1. The maximum Gasteiger partial charge on any atom is 0.298 e. The lowest BCUT2D eigenvalue weighted by Gasteiger charge is -2.50. The molecule has 1 atom stereocenters. The fraction of sp³-hybridized carbons (Fsp3) is 0.562. The summed E-state index contributed by atoms with van der Waals surface area (Å²) in [5.74, 6) is 1.55. The molecule has 0 radical (unpaired) electrons. The normalized spacial score (nSPS) is 33.4. The molecule has 2 aromatic rings. The van der Waals surface area contributed by atoms with Crippen LogP contribution in [0, 0.1) is 5.92 Å². The van der Waals surface area contributed by atoms with E-state index in [1.54, 1.807) is 7.11 Å². The highest BCUT2D eigenvalue weighted by Gasteiger charge is 2.53. The Hall–Kier alpha value is -1.75. The Balaban J connectivity index is 1.58. The molecule has 110 valence electrons. The van der Waals surface area contributed by atoms with Crippen molar-refractivity contribution in [1.82, 2.24) is 14.5 Å². The predicted octanol–water partition coefficient (Wildman–Crippen LogP) is 1.90. The summed E-state index contributed by atoms with van der Waals surface area (Å²) < 4.78 is 14.0. The fourth-order valence-corrected chi connectivity index (χ4v) is 4.34. The minimum atomic E-state index is -0.0455. The highest BCUT2D eigenvalue weighted by Crippen LogP contribution is 2.45. The molecule has 1 aromatic carbocycles. The molecule has 1 aromatic heterocycles. The molecule has 5 nitrogen and oxygen atoms in total. The number of fused-ring (bicyclic) bond motifs is 5. The van der Waals surface area contributed by atoms with Crippen molar-refractivity contribution >= 4 is 11.0 Å². The van der Waals surface area contributed by atoms with Gasteiger partial charge in [-0.25, -0.2) is 0 Å². The molecule has 4 aliphatic rings. The second-order valence-corrected chi connectivity index (χ2v) is 6.55. The van der Waals surface area contributed by atoms with Crippen molar-refractivity contribution in [3.05, 3.63) is 18.2 Å². The van der Waals surface area contributed by atoms with Gasteiger partial charge in [0.15, 0.2) is 0 Å². The van der Waals surface area contributed by atoms with Gasteiger partial charge in [0, 0.05) is 18.5 Å². The average Bonchev–Trinajstić information content (AvgIpc) is 3.02. The maximum absolute atomic E-state index is 6.40. The van der Waals surface area contributed by atoms with Crippen molar-refractivity contribution < 1.29 is 9.47 Å². The summed E-state index contributed by atoms with van der Waals surface area (Å²) >= 11 is 0. The number of benzene rings is 1. The Kier molecular flexibility index (Phi) is 2.21. The van der Waals surface area contributed by atoms with Gasteiger partial charge in [-0.1, -0.05) is 0 Å². The van der Waals surface area contributed by atoms with Crippen LogP contribution >= 0.6 is 0 Å². The lowest BCUT2D eigenvalue weighted by Crippen LogP contribution is -2.61. The Bertz CT molecular complexity index is 718. The second kappa shape index (κ2) is 3.91. The summed E-state index contributed by atoms with van der Waals surface area (Å²) in [6, 6.07) is 6.81. The molecule has 0 unspecified atom stereocenters. The number of hydrogen-bond acceptors (Lipinski definition) is 4. The fourth-order valence-electron chi connectivity index (χ4n) is 4.34. The zero-order valence-electron chi connectivity index (χ0n) is 12.2. The molecule has 3 saturated heterocycles. The second-order valence-electron chi connectivity index (χ2n) is 6.55. The molecule has 2 bridgehead atoms. The van der Waals surface area contributed by atoms with E-state index in [-0.39, 0.29) is 5.60 Å². The maximum atomic E-state index is 6.40. The highest BCUT2D eigenvalue weighted by molar-refractivity contribution is 5.79. The number of ether oxygens (including phenoxy) is 2. The number of piperidine rings is 3. The topological polar surface area (TPSA) is 39.5 Å². The first-order valence-electron chi connectivity index (χ1n) is 7.73. The van der Waals surface area contributed by atoms with Crippen LogP contribution in [0.15, 0.2) is 18.2 Å². The first-order chi connectivity index (χ1) is 10.3.